The van der Waals surface area contributed by atoms with E-state index in [0.717, 1.165) is 6.42 Å². The first-order chi connectivity index (χ1) is 8.52. The fourth-order valence-corrected chi connectivity index (χ4v) is 1.62. The van der Waals surface area contributed by atoms with Crippen LogP contribution in [0.5, 0.6) is 0 Å². The molecule has 1 aromatic rings. The van der Waals surface area contributed by atoms with E-state index in [-0.39, 0.29) is 17.4 Å². The van der Waals surface area contributed by atoms with Gasteiger partial charge in [-0.25, -0.2) is 0 Å². The molecule has 1 atom stereocenters. The third-order valence-electron chi connectivity index (χ3n) is 2.44. The van der Waals surface area contributed by atoms with Crippen LogP contribution in [0, 0.1) is 5.92 Å². The van der Waals surface area contributed by atoms with Crippen molar-refractivity contribution in [2.75, 3.05) is 6.61 Å². The Bertz CT molecular complexity index is 412. The Labute approximate surface area is 125 Å². The monoisotopic (exact) mass is 302 g/mol. The summed E-state index contributed by atoms with van der Waals surface area (Å²) in [5.74, 6) is -0.703. The lowest BCUT2D eigenvalue weighted by Crippen LogP contribution is -2.29. The highest BCUT2D eigenvalue weighted by Crippen LogP contribution is 2.16. The second kappa shape index (κ2) is 8.82. The van der Waals surface area contributed by atoms with E-state index < -0.39 is 11.9 Å². The second-order valence-electron chi connectivity index (χ2n) is 4.44. The van der Waals surface area contributed by atoms with E-state index in [1.165, 1.54) is 0 Å². The molecule has 0 aliphatic rings. The summed E-state index contributed by atoms with van der Waals surface area (Å²) in [7, 11) is 0. The standard InChI is InChI=1S/C13H18N2O2S.ClH/c1-9(2)6-8-17-13(16)11(12(14)18)10-5-3-4-7-15-10;/h3-5,7,9,11H,6,8H2,1-2H3,(H2,14,18);1H. The van der Waals surface area contributed by atoms with Crippen LogP contribution in [0.15, 0.2) is 24.4 Å². The third-order valence-corrected chi connectivity index (χ3v) is 2.68. The second-order valence-corrected chi connectivity index (χ2v) is 4.91. The molecule has 0 radical (unpaired) electrons. The molecule has 0 aromatic carbocycles. The molecule has 19 heavy (non-hydrogen) atoms. The van der Waals surface area contributed by atoms with Crippen molar-refractivity contribution in [2.24, 2.45) is 11.7 Å². The van der Waals surface area contributed by atoms with E-state index >= 15 is 0 Å². The molecule has 6 heteroatoms. The predicted molar refractivity (Wildman–Crippen MR) is 81.4 cm³/mol. The van der Waals surface area contributed by atoms with Crippen molar-refractivity contribution >= 4 is 35.6 Å². The largest absolute Gasteiger partial charge is 0.465 e. The lowest BCUT2D eigenvalue weighted by molar-refractivity contribution is -0.144. The van der Waals surface area contributed by atoms with E-state index in [0.29, 0.717) is 18.2 Å². The number of rotatable bonds is 6. The molecule has 1 rings (SSSR count). The Morgan fingerprint density at radius 2 is 2.16 bits per heavy atom. The molecule has 1 aromatic heterocycles. The molecule has 1 unspecified atom stereocenters. The maximum Gasteiger partial charge on any atom is 0.321 e. The Balaban J connectivity index is 0.00000324. The van der Waals surface area contributed by atoms with Gasteiger partial charge >= 0.3 is 5.97 Å². The quantitative estimate of drug-likeness (QED) is 0.646. The van der Waals surface area contributed by atoms with Gasteiger partial charge in [0.2, 0.25) is 0 Å². The first kappa shape index (κ1) is 17.8. The van der Waals surface area contributed by atoms with Crippen LogP contribution in [0.3, 0.4) is 0 Å². The maximum atomic E-state index is 11.9. The molecular weight excluding hydrogens is 284 g/mol. The van der Waals surface area contributed by atoms with Gasteiger partial charge in [0.15, 0.2) is 0 Å². The highest BCUT2D eigenvalue weighted by molar-refractivity contribution is 7.80. The van der Waals surface area contributed by atoms with Gasteiger partial charge < -0.3 is 10.5 Å². The lowest BCUT2D eigenvalue weighted by Gasteiger charge is -2.14. The Hall–Kier alpha value is -1.20. The van der Waals surface area contributed by atoms with Crippen molar-refractivity contribution in [2.45, 2.75) is 26.2 Å². The van der Waals surface area contributed by atoms with Gasteiger partial charge in [0.25, 0.3) is 0 Å². The highest BCUT2D eigenvalue weighted by atomic mass is 35.5. The number of ether oxygens (including phenoxy) is 1. The number of esters is 1. The average molecular weight is 303 g/mol. The van der Waals surface area contributed by atoms with Crippen molar-refractivity contribution in [3.8, 4) is 0 Å². The SMILES string of the molecule is CC(C)CCOC(=O)C(C(N)=S)c1ccccn1.Cl. The van der Waals surface area contributed by atoms with E-state index in [9.17, 15) is 4.79 Å². The van der Waals surface area contributed by atoms with Gasteiger partial charge in [-0.1, -0.05) is 32.1 Å². The molecule has 0 amide bonds. The summed E-state index contributed by atoms with van der Waals surface area (Å²) in [6, 6.07) is 5.27. The van der Waals surface area contributed by atoms with Crippen molar-refractivity contribution in [1.29, 1.82) is 0 Å². The number of carbonyl (C=O) groups excluding carboxylic acids is 1. The van der Waals surface area contributed by atoms with Crippen molar-refractivity contribution in [1.82, 2.24) is 4.98 Å². The normalized spacial score (nSPS) is 11.5. The topological polar surface area (TPSA) is 65.2 Å². The number of nitrogens with two attached hydrogens (primary N) is 1. The molecule has 0 spiro atoms. The molecule has 0 fully saturated rings. The van der Waals surface area contributed by atoms with E-state index in [2.05, 4.69) is 18.8 Å². The van der Waals surface area contributed by atoms with Crippen molar-refractivity contribution in [3.63, 3.8) is 0 Å². The summed E-state index contributed by atoms with van der Waals surface area (Å²) in [6.45, 7) is 4.51. The number of thiocarbonyl (C=S) groups is 1. The number of nitrogens with zero attached hydrogens (tertiary/aromatic N) is 1. The summed E-state index contributed by atoms with van der Waals surface area (Å²) in [5.41, 5.74) is 6.12. The van der Waals surface area contributed by atoms with E-state index in [1.54, 1.807) is 24.4 Å². The maximum absolute atomic E-state index is 11.9. The molecule has 0 aliphatic carbocycles. The van der Waals surface area contributed by atoms with E-state index in [1.807, 2.05) is 0 Å². The molecule has 0 bridgehead atoms. The summed E-state index contributed by atoms with van der Waals surface area (Å²) in [6.07, 6.45) is 2.42. The predicted octanol–water partition coefficient (Wildman–Crippen LogP) is 2.46. The van der Waals surface area contributed by atoms with Gasteiger partial charge in [-0.05, 0) is 24.5 Å². The van der Waals surface area contributed by atoms with Gasteiger partial charge in [-0.3, -0.25) is 9.78 Å². The summed E-state index contributed by atoms with van der Waals surface area (Å²) < 4.78 is 5.18. The molecule has 0 aliphatic heterocycles. The fraction of sp³-hybridized carbons (Fsp3) is 0.462. The zero-order chi connectivity index (χ0) is 13.5. The summed E-state index contributed by atoms with van der Waals surface area (Å²) >= 11 is 4.91. The van der Waals surface area contributed by atoms with Crippen LogP contribution in [0.4, 0.5) is 0 Å². The minimum absolute atomic E-state index is 0. The number of halogens is 1. The first-order valence-corrected chi connectivity index (χ1v) is 6.30. The van der Waals surface area contributed by atoms with Crippen LogP contribution in [-0.4, -0.2) is 22.5 Å². The summed E-state index contributed by atoms with van der Waals surface area (Å²) in [5, 5.41) is 0. The highest BCUT2D eigenvalue weighted by Gasteiger charge is 2.26. The van der Waals surface area contributed by atoms with Crippen molar-refractivity contribution < 1.29 is 9.53 Å². The third kappa shape index (κ3) is 5.98. The average Bonchev–Trinajstić information content (AvgIpc) is 2.29. The van der Waals surface area contributed by atoms with Crippen LogP contribution >= 0.6 is 24.6 Å². The van der Waals surface area contributed by atoms with Gasteiger partial charge in [-0.2, -0.15) is 0 Å². The molecule has 0 saturated heterocycles. The van der Waals surface area contributed by atoms with Crippen molar-refractivity contribution in [3.05, 3.63) is 30.1 Å². The first-order valence-electron chi connectivity index (χ1n) is 5.89. The number of hydrogen-bond acceptors (Lipinski definition) is 4. The minimum atomic E-state index is -0.756. The zero-order valence-electron chi connectivity index (χ0n) is 11.0. The molecule has 1 heterocycles. The number of aromatic nitrogens is 1. The molecule has 106 valence electrons. The number of hydrogen-bond donors (Lipinski definition) is 1. The molecular formula is C13H19ClN2O2S. The Kier molecular flexibility index (Phi) is 8.27. The van der Waals surface area contributed by atoms with Crippen LogP contribution in [0.2, 0.25) is 0 Å². The van der Waals surface area contributed by atoms with Crippen LogP contribution < -0.4 is 5.73 Å². The molecule has 2 N–H and O–H groups in total. The zero-order valence-corrected chi connectivity index (χ0v) is 12.7. The minimum Gasteiger partial charge on any atom is -0.465 e. The number of pyridine rings is 1. The Morgan fingerprint density at radius 3 is 2.63 bits per heavy atom. The molecule has 4 nitrogen and oxygen atoms in total. The fourth-order valence-electron chi connectivity index (χ4n) is 1.41. The van der Waals surface area contributed by atoms with Crippen LogP contribution in [0.1, 0.15) is 31.9 Å². The van der Waals surface area contributed by atoms with Crippen LogP contribution in [0.25, 0.3) is 0 Å². The number of carbonyl (C=O) groups is 1. The van der Waals surface area contributed by atoms with E-state index in [4.69, 9.17) is 22.7 Å². The lowest BCUT2D eigenvalue weighted by atomic mass is 10.1. The van der Waals surface area contributed by atoms with Gasteiger partial charge in [-0.15, -0.1) is 12.4 Å². The van der Waals surface area contributed by atoms with Gasteiger partial charge in [0.1, 0.15) is 5.92 Å². The Morgan fingerprint density at radius 1 is 1.47 bits per heavy atom. The summed E-state index contributed by atoms with van der Waals surface area (Å²) in [4.78, 5) is 16.1. The van der Waals surface area contributed by atoms with Crippen LogP contribution in [-0.2, 0) is 9.53 Å². The molecule has 0 saturated carbocycles. The smallest absolute Gasteiger partial charge is 0.321 e. The van der Waals surface area contributed by atoms with Gasteiger partial charge in [0, 0.05) is 6.20 Å². The van der Waals surface area contributed by atoms with Gasteiger partial charge in [0.05, 0.1) is 17.3 Å².